The molecule has 0 radical (unpaired) electrons. The molecule has 0 aromatic carbocycles. The monoisotopic (exact) mass is 1370 g/mol. The number of aliphatic hydroxyl groups excluding tert-OH is 2. The first-order valence-electron chi connectivity index (χ1n) is 34.8. The predicted molar refractivity (Wildman–Crippen MR) is 388 cm³/mol. The van der Waals surface area contributed by atoms with E-state index in [1.54, 1.807) is 35.4 Å². The highest BCUT2D eigenvalue weighted by atomic mass is 28.4. The van der Waals surface area contributed by atoms with Crippen molar-refractivity contribution in [3.63, 3.8) is 0 Å². The summed E-state index contributed by atoms with van der Waals surface area (Å²) in [6.45, 7) is 64.4. The molecule has 2 aliphatic heterocycles. The number of aliphatic hydroxyl groups is 2. The smallest absolute Gasteiger partial charge is 0.333 e. The minimum Gasteiger partial charge on any atom is -0.466 e. The Balaban J connectivity index is 2.62. The van der Waals surface area contributed by atoms with Crippen LogP contribution in [0, 0.1) is 29.6 Å². The first-order chi connectivity index (χ1) is 41.9. The lowest BCUT2D eigenvalue weighted by atomic mass is 9.75. The maximum atomic E-state index is 12.6. The zero-order valence-electron chi connectivity index (χ0n) is 65.1. The lowest BCUT2D eigenvalue weighted by Crippen LogP contribution is -2.67. The van der Waals surface area contributed by atoms with Crippen LogP contribution in [-0.4, -0.2) is 171 Å². The number of hydrogen-bond acceptors (Lipinski definition) is 15. The van der Waals surface area contributed by atoms with Crippen molar-refractivity contribution in [3.8, 4) is 0 Å². The Kier molecular flexibility index (Phi) is 33.7. The fourth-order valence-corrected chi connectivity index (χ4v) is 17.3. The average molecular weight is 1370 g/mol. The van der Waals surface area contributed by atoms with Crippen molar-refractivity contribution < 1.29 is 70.6 Å². The molecule has 0 saturated carbocycles. The molecular weight excluding hydrogens is 1230 g/mol. The number of esters is 1. The highest BCUT2D eigenvalue weighted by Gasteiger charge is 2.60. The number of carbonyl (C=O) groups is 1. The summed E-state index contributed by atoms with van der Waals surface area (Å²) in [6, 6.07) is 0. The Morgan fingerprint density at radius 2 is 1.15 bits per heavy atom. The van der Waals surface area contributed by atoms with E-state index in [2.05, 4.69) is 201 Å². The Bertz CT molecular complexity index is 2340. The first kappa shape index (κ1) is 86.9. The van der Waals surface area contributed by atoms with Gasteiger partial charge in [0.2, 0.25) is 5.79 Å². The molecule has 92 heavy (non-hydrogen) atoms. The van der Waals surface area contributed by atoms with Crippen LogP contribution in [0.15, 0.2) is 47.1 Å². The summed E-state index contributed by atoms with van der Waals surface area (Å²) >= 11 is 0. The van der Waals surface area contributed by atoms with Crippen LogP contribution < -0.4 is 0 Å². The molecule has 19 heteroatoms. The molecule has 0 aliphatic carbocycles. The molecule has 2 rings (SSSR count). The number of carbonyl (C=O) groups excluding carboxylic acids is 1. The van der Waals surface area contributed by atoms with Crippen molar-refractivity contribution in [2.24, 2.45) is 29.6 Å². The van der Waals surface area contributed by atoms with Crippen molar-refractivity contribution in [3.05, 3.63) is 47.1 Å². The first-order valence-corrected chi connectivity index (χ1v) is 46.4. The number of methoxy groups -OCH3 is 5. The summed E-state index contributed by atoms with van der Waals surface area (Å²) in [4.78, 5) is 12.3. The van der Waals surface area contributed by atoms with Crippen molar-refractivity contribution >= 4 is 39.2 Å². The van der Waals surface area contributed by atoms with Crippen LogP contribution in [-0.2, 0) is 60.4 Å². The molecule has 18 atom stereocenters. The summed E-state index contributed by atoms with van der Waals surface area (Å²) in [6.07, 6.45) is 8.54. The lowest BCUT2D eigenvalue weighted by Gasteiger charge is -2.56. The van der Waals surface area contributed by atoms with Crippen LogP contribution in [0.25, 0.3) is 0 Å². The van der Waals surface area contributed by atoms with Crippen LogP contribution in [0.3, 0.4) is 0 Å². The normalized spacial score (nSPS) is 27.8. The molecule has 2 aliphatic rings. The van der Waals surface area contributed by atoms with Gasteiger partial charge in [-0.1, -0.05) is 166 Å². The molecule has 0 amide bonds. The quantitative estimate of drug-likeness (QED) is 0.0153. The Hall–Kier alpha value is -1.22. The van der Waals surface area contributed by atoms with E-state index in [0.29, 0.717) is 31.4 Å². The number of allylic oxidation sites excluding steroid dienone is 5. The number of hydrogen-bond donors (Lipinski definition) is 2. The molecule has 540 valence electrons. The van der Waals surface area contributed by atoms with Gasteiger partial charge in [0.15, 0.2) is 39.6 Å². The molecule has 15 nitrogen and oxygen atoms in total. The van der Waals surface area contributed by atoms with E-state index in [1.165, 1.54) is 7.11 Å². The largest absolute Gasteiger partial charge is 0.466 e. The van der Waals surface area contributed by atoms with Crippen molar-refractivity contribution in [2.45, 2.75) is 342 Å². The predicted octanol–water partition coefficient (Wildman–Crippen LogP) is 17.3. The third-order valence-electron chi connectivity index (χ3n) is 22.0. The molecule has 1 unspecified atom stereocenters. The van der Waals surface area contributed by atoms with Gasteiger partial charge in [0.1, 0.15) is 24.4 Å². The van der Waals surface area contributed by atoms with Crippen molar-refractivity contribution in [1.29, 1.82) is 0 Å². The van der Waals surface area contributed by atoms with E-state index in [-0.39, 0.29) is 92.8 Å². The minimum atomic E-state index is -2.45. The topological polar surface area (TPSA) is 168 Å². The van der Waals surface area contributed by atoms with Crippen LogP contribution >= 0.6 is 0 Å². The minimum absolute atomic E-state index is 0.0176. The van der Waals surface area contributed by atoms with Crippen LogP contribution in [0.5, 0.6) is 0 Å². The second kappa shape index (κ2) is 35.7. The maximum Gasteiger partial charge on any atom is 0.333 e. The molecule has 0 aromatic heterocycles. The van der Waals surface area contributed by atoms with Gasteiger partial charge in [0.05, 0.1) is 49.8 Å². The van der Waals surface area contributed by atoms with E-state index in [0.717, 1.165) is 30.4 Å². The number of ether oxygens (including phenoxy) is 8. The number of unbranched alkanes of at least 4 members (excludes halogenated alkanes) is 1. The zero-order chi connectivity index (χ0) is 71.3. The van der Waals surface area contributed by atoms with Gasteiger partial charge in [0.25, 0.3) is 0 Å². The highest BCUT2D eigenvalue weighted by Crippen LogP contribution is 2.49. The third-order valence-corrected chi connectivity index (χ3v) is 39.9. The second-order valence-electron chi connectivity index (χ2n) is 34.0. The zero-order valence-corrected chi connectivity index (χ0v) is 69.1. The van der Waals surface area contributed by atoms with Gasteiger partial charge in [-0.3, -0.25) is 0 Å². The molecule has 2 saturated heterocycles. The fourth-order valence-electron chi connectivity index (χ4n) is 11.8. The number of rotatable bonds is 35. The Morgan fingerprint density at radius 3 is 1.63 bits per heavy atom. The second-order valence-corrected chi connectivity index (χ2v) is 53.0. The summed E-state index contributed by atoms with van der Waals surface area (Å²) in [5, 5.41) is 24.8. The summed E-state index contributed by atoms with van der Waals surface area (Å²) in [7, 11) is -1.43. The molecule has 0 spiro atoms. The van der Waals surface area contributed by atoms with Gasteiger partial charge in [-0.25, -0.2) is 4.79 Å². The van der Waals surface area contributed by atoms with Crippen LogP contribution in [0.2, 0.25) is 72.5 Å². The maximum absolute atomic E-state index is 12.6. The summed E-state index contributed by atoms with van der Waals surface area (Å²) < 4.78 is 80.3. The van der Waals surface area contributed by atoms with E-state index in [4.69, 9.17) is 55.6 Å². The van der Waals surface area contributed by atoms with Gasteiger partial charge in [-0.05, 0) is 144 Å². The van der Waals surface area contributed by atoms with E-state index >= 15 is 0 Å². The average Bonchev–Trinajstić information content (AvgIpc) is 0.756. The van der Waals surface area contributed by atoms with Gasteiger partial charge in [-0.2, -0.15) is 0 Å². The third kappa shape index (κ3) is 24.0. The van der Waals surface area contributed by atoms with E-state index < -0.39 is 81.8 Å². The van der Waals surface area contributed by atoms with Crippen molar-refractivity contribution in [2.75, 3.05) is 42.2 Å². The van der Waals surface area contributed by atoms with E-state index in [1.807, 2.05) is 19.9 Å². The van der Waals surface area contributed by atoms with Crippen LogP contribution in [0.1, 0.15) is 190 Å². The van der Waals surface area contributed by atoms with Gasteiger partial charge in [0, 0.05) is 64.8 Å². The molecular formula is C73H142O15Si4. The highest BCUT2D eigenvalue weighted by molar-refractivity contribution is 6.75. The molecule has 0 aromatic rings. The van der Waals surface area contributed by atoms with Gasteiger partial charge >= 0.3 is 5.97 Å². The standard InChI is InChI=1S/C73H142O15Si4/c1-48(38-35-36-40-59(85-89(27,28)69(10,11)12)61(78-23)46-57(74)66(75)73(81-26)55(8)62(86-90(29,30)70(13,14)15)54(7)60(84-73)45-51(4)47-77-22)39-37-41-58(52(5)43-49(2)42-50(3)44-53(6)67(76)80-25)83-68-65(88-92(33,34)72(19,20)21)64(63(79-24)56(9)82-68)87-91(31,32)71(16,17)18/h37,39,42-44,48,51-52,54-66,68,74-75H,35-36,38,40-41,45-47H2,1-34H3/b39-37+,49-43+,50-42+,53-44+/t48?,51-,52-,54+,55-,56+,57-,58-,59-,60-,61+,62+,63+,64+,65-,66-,68+,73-/m1/s1. The molecule has 2 heterocycles. The van der Waals surface area contributed by atoms with Gasteiger partial charge < -0.3 is 65.8 Å². The van der Waals surface area contributed by atoms with Gasteiger partial charge in [-0.15, -0.1) is 0 Å². The summed E-state index contributed by atoms with van der Waals surface area (Å²) in [5.41, 5.74) is 2.50. The Morgan fingerprint density at radius 1 is 0.641 bits per heavy atom. The lowest BCUT2D eigenvalue weighted by molar-refractivity contribution is -0.369. The molecule has 2 fully saturated rings. The Labute approximate surface area is 567 Å². The van der Waals surface area contributed by atoms with E-state index in [9.17, 15) is 15.0 Å². The molecule has 0 bridgehead atoms. The molecule has 2 N–H and O–H groups in total. The van der Waals surface area contributed by atoms with Crippen LogP contribution in [0.4, 0.5) is 0 Å². The summed E-state index contributed by atoms with van der Waals surface area (Å²) in [5.74, 6) is -2.04. The fraction of sp³-hybridized carbons (Fsp3) is 0.877. The van der Waals surface area contributed by atoms with Crippen molar-refractivity contribution in [1.82, 2.24) is 0 Å². The SMILES string of the molecule is COC[C@H](C)C[C@H]1O[C@@](OC)([C@H](O)[C@H](O)C[C@H](OC)[C@@H](CCCCC(C)/C=C/C[C@@H](O[C@@H]2O[C@@H](C)[C@H](OC)[C@H](O[Si](C)(C)C(C)(C)C)[C@H]2O[Si](C)(C)C(C)(C)C)[C@H](C)/C=C(C)/C=C(C)/C=C(\C)C(=O)OC)O[Si](C)(C)C(C)(C)C)[C@H](C)[C@@H](O[Si](C)(C)C(C)(C)C)[C@H]1C.